The Bertz CT molecular complexity index is 134. The predicted octanol–water partition coefficient (Wildman–Crippen LogP) is 1.36. The lowest BCUT2D eigenvalue weighted by Crippen LogP contribution is -2.26. The van der Waals surface area contributed by atoms with Gasteiger partial charge in [-0.3, -0.25) is 4.79 Å². The summed E-state index contributed by atoms with van der Waals surface area (Å²) in [4.78, 5) is 10.7. The maximum Gasteiger partial charge on any atom is 0.279 e. The summed E-state index contributed by atoms with van der Waals surface area (Å²) in [7, 11) is 0. The zero-order chi connectivity index (χ0) is 6.27. The fourth-order valence-electron chi connectivity index (χ4n) is 1.56. The van der Waals surface area contributed by atoms with Crippen molar-refractivity contribution >= 4 is 17.0 Å². The molecule has 1 N–H and O–H groups in total. The SMILES string of the molecule is O=C1N[C@H]2CCC[C@H]2S1. The molecule has 0 aromatic carbocycles. The Labute approximate surface area is 58.4 Å². The van der Waals surface area contributed by atoms with Crippen molar-refractivity contribution in [3.05, 3.63) is 0 Å². The lowest BCUT2D eigenvalue weighted by molar-refractivity contribution is 0.260. The maximum atomic E-state index is 10.7. The van der Waals surface area contributed by atoms with E-state index in [4.69, 9.17) is 0 Å². The van der Waals surface area contributed by atoms with Crippen molar-refractivity contribution in [3.63, 3.8) is 0 Å². The Balaban J connectivity index is 2.09. The monoisotopic (exact) mass is 143 g/mol. The first-order valence-corrected chi connectivity index (χ1v) is 4.21. The van der Waals surface area contributed by atoms with Gasteiger partial charge in [-0.05, 0) is 12.8 Å². The minimum absolute atomic E-state index is 0.185. The summed E-state index contributed by atoms with van der Waals surface area (Å²) >= 11 is 1.49. The molecule has 2 rings (SSSR count). The normalized spacial score (nSPS) is 40.7. The topological polar surface area (TPSA) is 29.1 Å². The Hall–Kier alpha value is -0.180. The molecule has 2 fully saturated rings. The van der Waals surface area contributed by atoms with Gasteiger partial charge >= 0.3 is 0 Å². The molecule has 1 saturated carbocycles. The van der Waals surface area contributed by atoms with E-state index in [-0.39, 0.29) is 5.24 Å². The number of hydrogen-bond acceptors (Lipinski definition) is 2. The minimum Gasteiger partial charge on any atom is -0.343 e. The van der Waals surface area contributed by atoms with E-state index < -0.39 is 0 Å². The van der Waals surface area contributed by atoms with Crippen molar-refractivity contribution in [2.45, 2.75) is 30.6 Å². The molecule has 2 aliphatic rings. The van der Waals surface area contributed by atoms with Gasteiger partial charge in [-0.1, -0.05) is 18.2 Å². The van der Waals surface area contributed by atoms with Crippen LogP contribution in [0, 0.1) is 0 Å². The van der Waals surface area contributed by atoms with Crippen LogP contribution in [-0.4, -0.2) is 16.5 Å². The second kappa shape index (κ2) is 1.90. The summed E-state index contributed by atoms with van der Waals surface area (Å²) in [6.45, 7) is 0. The van der Waals surface area contributed by atoms with Crippen molar-refractivity contribution in [3.8, 4) is 0 Å². The first-order valence-electron chi connectivity index (χ1n) is 3.33. The molecule has 50 valence electrons. The van der Waals surface area contributed by atoms with Gasteiger partial charge < -0.3 is 5.32 Å². The van der Waals surface area contributed by atoms with E-state index in [2.05, 4.69) is 5.32 Å². The number of carbonyl (C=O) groups excluding carboxylic acids is 1. The molecule has 1 aliphatic heterocycles. The van der Waals surface area contributed by atoms with E-state index >= 15 is 0 Å². The predicted molar refractivity (Wildman–Crippen MR) is 37.5 cm³/mol. The summed E-state index contributed by atoms with van der Waals surface area (Å²) < 4.78 is 0. The molecule has 1 saturated heterocycles. The molecule has 0 radical (unpaired) electrons. The minimum atomic E-state index is 0.185. The van der Waals surface area contributed by atoms with Crippen molar-refractivity contribution < 1.29 is 4.79 Å². The van der Waals surface area contributed by atoms with Crippen LogP contribution in [0.25, 0.3) is 0 Å². The molecule has 1 amide bonds. The lowest BCUT2D eigenvalue weighted by atomic mass is 10.3. The second-order valence-corrected chi connectivity index (χ2v) is 3.84. The molecule has 0 bridgehead atoms. The molecule has 0 aromatic rings. The molecule has 0 spiro atoms. The average molecular weight is 143 g/mol. The number of hydrogen-bond donors (Lipinski definition) is 1. The van der Waals surface area contributed by atoms with Gasteiger partial charge in [-0.15, -0.1) is 0 Å². The standard InChI is InChI=1S/C6H9NOS/c8-6-7-4-2-1-3-5(4)9-6/h4-5H,1-3H2,(H,7,8)/t4-,5+/m0/s1. The van der Waals surface area contributed by atoms with Crippen LogP contribution in [0.15, 0.2) is 0 Å². The average Bonchev–Trinajstić information content (AvgIpc) is 2.22. The highest BCUT2D eigenvalue weighted by Crippen LogP contribution is 2.35. The molecule has 1 aliphatic carbocycles. The third-order valence-electron chi connectivity index (χ3n) is 2.01. The van der Waals surface area contributed by atoms with Gasteiger partial charge in [-0.2, -0.15) is 0 Å². The lowest BCUT2D eigenvalue weighted by Gasteiger charge is -2.03. The molecular weight excluding hydrogens is 134 g/mol. The van der Waals surface area contributed by atoms with Crippen molar-refractivity contribution in [2.75, 3.05) is 0 Å². The molecule has 2 nitrogen and oxygen atoms in total. The number of fused-ring (bicyclic) bond motifs is 1. The highest BCUT2D eigenvalue weighted by atomic mass is 32.2. The largest absolute Gasteiger partial charge is 0.343 e. The van der Waals surface area contributed by atoms with E-state index in [0.717, 1.165) is 0 Å². The van der Waals surface area contributed by atoms with Crippen molar-refractivity contribution in [2.24, 2.45) is 0 Å². The highest BCUT2D eigenvalue weighted by molar-refractivity contribution is 8.14. The van der Waals surface area contributed by atoms with Gasteiger partial charge in [0.15, 0.2) is 0 Å². The zero-order valence-electron chi connectivity index (χ0n) is 5.09. The van der Waals surface area contributed by atoms with Crippen LogP contribution >= 0.6 is 11.8 Å². The molecule has 0 unspecified atom stereocenters. The first kappa shape index (κ1) is 5.59. The number of rotatable bonds is 0. The number of amides is 1. The first-order chi connectivity index (χ1) is 4.36. The van der Waals surface area contributed by atoms with Crippen LogP contribution in [0.5, 0.6) is 0 Å². The van der Waals surface area contributed by atoms with Gasteiger partial charge in [-0.25, -0.2) is 0 Å². The fourth-order valence-corrected chi connectivity index (χ4v) is 2.70. The summed E-state index contributed by atoms with van der Waals surface area (Å²) in [5.74, 6) is 0. The van der Waals surface area contributed by atoms with Gasteiger partial charge in [0, 0.05) is 11.3 Å². The van der Waals surface area contributed by atoms with E-state index in [0.29, 0.717) is 11.3 Å². The van der Waals surface area contributed by atoms with Crippen molar-refractivity contribution in [1.82, 2.24) is 5.32 Å². The van der Waals surface area contributed by atoms with Crippen LogP contribution in [0.3, 0.4) is 0 Å². The van der Waals surface area contributed by atoms with Gasteiger partial charge in [0.1, 0.15) is 0 Å². The van der Waals surface area contributed by atoms with Crippen molar-refractivity contribution in [1.29, 1.82) is 0 Å². The Morgan fingerprint density at radius 1 is 1.56 bits per heavy atom. The summed E-state index contributed by atoms with van der Waals surface area (Å²) in [6, 6.07) is 0.516. The maximum absolute atomic E-state index is 10.7. The summed E-state index contributed by atoms with van der Waals surface area (Å²) in [5, 5.41) is 3.73. The molecule has 0 aromatic heterocycles. The highest BCUT2D eigenvalue weighted by Gasteiger charge is 2.36. The second-order valence-electron chi connectivity index (χ2n) is 2.63. The Morgan fingerprint density at radius 3 is 3.22 bits per heavy atom. The van der Waals surface area contributed by atoms with Crippen LogP contribution < -0.4 is 5.32 Å². The van der Waals surface area contributed by atoms with Crippen LogP contribution in [0.1, 0.15) is 19.3 Å². The van der Waals surface area contributed by atoms with Gasteiger partial charge in [0.05, 0.1) is 0 Å². The third kappa shape index (κ3) is 0.834. The molecule has 9 heavy (non-hydrogen) atoms. The van der Waals surface area contributed by atoms with E-state index in [1.807, 2.05) is 0 Å². The Kier molecular flexibility index (Phi) is 1.18. The number of thioether (sulfide) groups is 1. The van der Waals surface area contributed by atoms with Crippen LogP contribution in [-0.2, 0) is 0 Å². The Morgan fingerprint density at radius 2 is 2.44 bits per heavy atom. The third-order valence-corrected chi connectivity index (χ3v) is 3.21. The smallest absolute Gasteiger partial charge is 0.279 e. The zero-order valence-corrected chi connectivity index (χ0v) is 5.91. The van der Waals surface area contributed by atoms with E-state index in [1.165, 1.54) is 31.0 Å². The quantitative estimate of drug-likeness (QED) is 0.554. The van der Waals surface area contributed by atoms with E-state index in [9.17, 15) is 4.79 Å². The molecule has 1 heterocycles. The van der Waals surface area contributed by atoms with Gasteiger partial charge in [0.2, 0.25) is 0 Å². The number of nitrogens with one attached hydrogen (secondary N) is 1. The summed E-state index contributed by atoms with van der Waals surface area (Å²) in [6.07, 6.45) is 3.72. The molecule has 3 heteroatoms. The molecule has 2 atom stereocenters. The fraction of sp³-hybridized carbons (Fsp3) is 0.833. The van der Waals surface area contributed by atoms with E-state index in [1.54, 1.807) is 0 Å². The number of carbonyl (C=O) groups is 1. The molecular formula is C6H9NOS. The van der Waals surface area contributed by atoms with Crippen LogP contribution in [0.4, 0.5) is 4.79 Å². The van der Waals surface area contributed by atoms with Crippen LogP contribution in [0.2, 0.25) is 0 Å². The summed E-state index contributed by atoms with van der Waals surface area (Å²) in [5.41, 5.74) is 0. The van der Waals surface area contributed by atoms with Gasteiger partial charge in [0.25, 0.3) is 5.24 Å².